The van der Waals surface area contributed by atoms with Gasteiger partial charge in [-0.2, -0.15) is 10.5 Å². The predicted octanol–water partition coefficient (Wildman–Crippen LogP) is 11.2. The molecule has 0 amide bonds. The quantitative estimate of drug-likeness (QED) is 0.196. The summed E-state index contributed by atoms with van der Waals surface area (Å²) in [6.07, 6.45) is 0. The largest absolute Gasteiger partial charge is 0.455 e. The number of nitriles is 2. The van der Waals surface area contributed by atoms with E-state index in [1.54, 1.807) is 0 Å². The van der Waals surface area contributed by atoms with E-state index in [4.69, 9.17) is 4.42 Å². The van der Waals surface area contributed by atoms with Crippen molar-refractivity contribution >= 4 is 65.6 Å². The smallest absolute Gasteiger partial charge is 0.145 e. The van der Waals surface area contributed by atoms with Crippen LogP contribution >= 0.6 is 0 Å². The van der Waals surface area contributed by atoms with Gasteiger partial charge in [-0.3, -0.25) is 0 Å². The topological polar surface area (TPSA) is 70.6 Å². The second-order valence-electron chi connectivity index (χ2n) is 12.3. The van der Waals surface area contributed by atoms with Crippen LogP contribution in [0.25, 0.3) is 88.1 Å². The van der Waals surface area contributed by atoms with Gasteiger partial charge in [-0.1, -0.05) is 78.9 Å². The Morgan fingerprint density at radius 1 is 0.429 bits per heavy atom. The molecule has 10 rings (SSSR count). The van der Waals surface area contributed by atoms with Crippen LogP contribution in [0, 0.1) is 22.7 Å². The van der Waals surface area contributed by atoms with Crippen LogP contribution in [0.3, 0.4) is 0 Å². The maximum Gasteiger partial charge on any atom is 0.145 e. The van der Waals surface area contributed by atoms with Crippen molar-refractivity contribution in [1.29, 1.82) is 10.5 Å². The van der Waals surface area contributed by atoms with E-state index in [1.165, 1.54) is 0 Å². The van der Waals surface area contributed by atoms with Gasteiger partial charge in [0, 0.05) is 43.7 Å². The van der Waals surface area contributed by atoms with E-state index in [9.17, 15) is 10.5 Å². The van der Waals surface area contributed by atoms with Crippen molar-refractivity contribution in [2.75, 3.05) is 0 Å². The molecule has 0 aliphatic rings. The fourth-order valence-corrected chi connectivity index (χ4v) is 7.69. The first-order valence-electron chi connectivity index (χ1n) is 16.1. The summed E-state index contributed by atoms with van der Waals surface area (Å²) in [7, 11) is 0. The van der Waals surface area contributed by atoms with Gasteiger partial charge in [0.15, 0.2) is 0 Å². The number of aromatic nitrogens is 2. The highest BCUT2D eigenvalue weighted by Crippen LogP contribution is 2.44. The number of rotatable bonds is 3. The molecule has 0 radical (unpaired) electrons. The first-order valence-corrected chi connectivity index (χ1v) is 16.1. The molecule has 0 saturated carbocycles. The summed E-state index contributed by atoms with van der Waals surface area (Å²) >= 11 is 0. The molecular weight excluding hydrogens is 601 g/mol. The van der Waals surface area contributed by atoms with Crippen molar-refractivity contribution < 1.29 is 4.42 Å². The van der Waals surface area contributed by atoms with Gasteiger partial charge in [0.25, 0.3) is 0 Å². The maximum absolute atomic E-state index is 10.0. The summed E-state index contributed by atoms with van der Waals surface area (Å²) < 4.78 is 11.5. The lowest BCUT2D eigenvalue weighted by atomic mass is 9.98. The maximum atomic E-state index is 10.0. The molecule has 5 nitrogen and oxygen atoms in total. The fourth-order valence-electron chi connectivity index (χ4n) is 7.69. The molecule has 49 heavy (non-hydrogen) atoms. The zero-order chi connectivity index (χ0) is 32.6. The van der Waals surface area contributed by atoms with E-state index in [-0.39, 0.29) is 0 Å². The minimum atomic E-state index is 0.561. The van der Waals surface area contributed by atoms with Crippen molar-refractivity contribution in [1.82, 2.24) is 9.13 Å². The molecule has 3 heterocycles. The molecule has 3 aromatic heterocycles. The van der Waals surface area contributed by atoms with E-state index < -0.39 is 0 Å². The average Bonchev–Trinajstić information content (AvgIpc) is 3.82. The highest BCUT2D eigenvalue weighted by molar-refractivity contribution is 6.25. The first-order chi connectivity index (χ1) is 24.2. The Morgan fingerprint density at radius 3 is 1.88 bits per heavy atom. The Balaban J connectivity index is 1.30. The minimum absolute atomic E-state index is 0.561. The molecule has 0 fully saturated rings. The number of furan rings is 1. The molecule has 5 heteroatoms. The standard InChI is InChI=1S/C44H24N4O/c45-25-27-18-21-39-36(23-27)30-11-4-6-15-37(30)48(39)41-24-28(26-46)17-19-31(41)32-13-8-14-33-34-20-22-40-42(44(34)49-43(32)33)35-12-5-7-16-38(35)47(40)29-9-2-1-3-10-29/h1-24H. The molecular formula is C44H24N4O. The lowest BCUT2D eigenvalue weighted by molar-refractivity contribution is 0.674. The van der Waals surface area contributed by atoms with Crippen LogP contribution in [-0.4, -0.2) is 9.13 Å². The van der Waals surface area contributed by atoms with Crippen molar-refractivity contribution in [3.05, 3.63) is 157 Å². The van der Waals surface area contributed by atoms with E-state index in [1.807, 2.05) is 54.6 Å². The van der Waals surface area contributed by atoms with Gasteiger partial charge in [0.05, 0.1) is 56.4 Å². The van der Waals surface area contributed by atoms with E-state index >= 15 is 0 Å². The van der Waals surface area contributed by atoms with Crippen molar-refractivity contribution in [2.24, 2.45) is 0 Å². The van der Waals surface area contributed by atoms with Crippen LogP contribution in [0.5, 0.6) is 0 Å². The number of hydrogen-bond donors (Lipinski definition) is 0. The van der Waals surface area contributed by atoms with Crippen molar-refractivity contribution in [3.63, 3.8) is 0 Å². The first kappa shape index (κ1) is 27.1. The third kappa shape index (κ3) is 3.79. The van der Waals surface area contributed by atoms with Gasteiger partial charge in [-0.15, -0.1) is 0 Å². The summed E-state index contributed by atoms with van der Waals surface area (Å²) in [6, 6.07) is 54.1. The summed E-state index contributed by atoms with van der Waals surface area (Å²) in [4.78, 5) is 0. The summed E-state index contributed by atoms with van der Waals surface area (Å²) in [6.45, 7) is 0. The Bertz CT molecular complexity index is 3070. The van der Waals surface area contributed by atoms with Gasteiger partial charge in [0.2, 0.25) is 0 Å². The number of nitrogens with zero attached hydrogens (tertiary/aromatic N) is 4. The molecule has 0 spiro atoms. The van der Waals surface area contributed by atoms with Crippen LogP contribution < -0.4 is 0 Å². The number of para-hydroxylation sites is 4. The second kappa shape index (κ2) is 10.2. The zero-order valence-electron chi connectivity index (χ0n) is 26.1. The zero-order valence-corrected chi connectivity index (χ0v) is 26.1. The van der Waals surface area contributed by atoms with Crippen molar-refractivity contribution in [2.45, 2.75) is 0 Å². The highest BCUT2D eigenvalue weighted by atomic mass is 16.3. The van der Waals surface area contributed by atoms with Gasteiger partial charge < -0.3 is 13.6 Å². The summed E-state index contributed by atoms with van der Waals surface area (Å²) in [5.74, 6) is 0. The Labute approximate surface area is 280 Å². The number of fused-ring (bicyclic) bond motifs is 10. The third-order valence-corrected chi connectivity index (χ3v) is 9.77. The van der Waals surface area contributed by atoms with Crippen LogP contribution in [0.2, 0.25) is 0 Å². The molecule has 0 atom stereocenters. The van der Waals surface area contributed by atoms with E-state index in [2.05, 4.69) is 112 Å². The lowest BCUT2D eigenvalue weighted by Gasteiger charge is -2.15. The molecule has 0 aliphatic heterocycles. The molecule has 0 aliphatic carbocycles. The van der Waals surface area contributed by atoms with Crippen molar-refractivity contribution in [3.8, 4) is 34.6 Å². The molecule has 0 saturated heterocycles. The van der Waals surface area contributed by atoms with Crippen LogP contribution in [0.1, 0.15) is 11.1 Å². The highest BCUT2D eigenvalue weighted by Gasteiger charge is 2.22. The predicted molar refractivity (Wildman–Crippen MR) is 197 cm³/mol. The van der Waals surface area contributed by atoms with Gasteiger partial charge in [0.1, 0.15) is 11.2 Å². The van der Waals surface area contributed by atoms with Gasteiger partial charge >= 0.3 is 0 Å². The molecule has 0 N–H and O–H groups in total. The average molecular weight is 625 g/mol. The Kier molecular flexibility index (Phi) is 5.64. The SMILES string of the molecule is N#Cc1ccc(-c2cccc3c2oc2c3ccc3c2c2ccccc2n3-c2ccccc2)c(-n2c3ccccc3c3cc(C#N)ccc32)c1. The summed E-state index contributed by atoms with van der Waals surface area (Å²) in [5, 5.41) is 26.1. The molecule has 226 valence electrons. The second-order valence-corrected chi connectivity index (χ2v) is 12.3. The molecule has 0 bridgehead atoms. The van der Waals surface area contributed by atoms with E-state index in [0.717, 1.165) is 88.1 Å². The Hall–Kier alpha value is -7.08. The van der Waals surface area contributed by atoms with Crippen LogP contribution in [-0.2, 0) is 0 Å². The third-order valence-electron chi connectivity index (χ3n) is 9.77. The lowest BCUT2D eigenvalue weighted by Crippen LogP contribution is -1.98. The van der Waals surface area contributed by atoms with Gasteiger partial charge in [-0.05, 0) is 66.7 Å². The van der Waals surface area contributed by atoms with Gasteiger partial charge in [-0.25, -0.2) is 0 Å². The minimum Gasteiger partial charge on any atom is -0.455 e. The van der Waals surface area contributed by atoms with E-state index in [0.29, 0.717) is 11.1 Å². The number of hydrogen-bond acceptors (Lipinski definition) is 3. The monoisotopic (exact) mass is 624 g/mol. The molecule has 0 unspecified atom stereocenters. The number of benzene rings is 7. The summed E-state index contributed by atoms with van der Waals surface area (Å²) in [5.41, 5.74) is 10.8. The van der Waals surface area contributed by atoms with Crippen LogP contribution in [0.4, 0.5) is 0 Å². The Morgan fingerprint density at radius 2 is 1.06 bits per heavy atom. The molecule has 7 aromatic carbocycles. The van der Waals surface area contributed by atoms with Crippen LogP contribution in [0.15, 0.2) is 150 Å². The molecule has 10 aromatic rings. The fraction of sp³-hybridized carbons (Fsp3) is 0. The normalized spacial score (nSPS) is 11.6.